The molecule has 1 aliphatic heterocycles. The summed E-state index contributed by atoms with van der Waals surface area (Å²) in [5.41, 5.74) is 0.519. The van der Waals surface area contributed by atoms with Gasteiger partial charge < -0.3 is 19.1 Å². The van der Waals surface area contributed by atoms with Crippen LogP contribution in [-0.4, -0.2) is 50.3 Å². The number of nitriles is 1. The van der Waals surface area contributed by atoms with Gasteiger partial charge in [-0.3, -0.25) is 4.79 Å². The molecule has 2 rings (SSSR count). The van der Waals surface area contributed by atoms with Crippen molar-refractivity contribution in [2.24, 2.45) is 0 Å². The lowest BCUT2D eigenvalue weighted by Gasteiger charge is -2.31. The van der Waals surface area contributed by atoms with Crippen molar-refractivity contribution in [1.82, 2.24) is 4.90 Å². The molecule has 1 aliphatic rings. The summed E-state index contributed by atoms with van der Waals surface area (Å²) in [7, 11) is 1.53. The summed E-state index contributed by atoms with van der Waals surface area (Å²) in [5.74, 6) is 1.24. The van der Waals surface area contributed by atoms with E-state index >= 15 is 0 Å². The molecule has 6 heteroatoms. The van der Waals surface area contributed by atoms with Gasteiger partial charge in [0.05, 0.1) is 38.1 Å². The molecule has 0 bridgehead atoms. The van der Waals surface area contributed by atoms with Crippen molar-refractivity contribution in [2.75, 3.05) is 33.4 Å². The van der Waals surface area contributed by atoms with Crippen LogP contribution in [0.1, 0.15) is 25.3 Å². The molecule has 0 aromatic heterocycles. The molecule has 0 N–H and O–H groups in total. The van der Waals surface area contributed by atoms with E-state index in [2.05, 4.69) is 6.07 Å². The van der Waals surface area contributed by atoms with E-state index in [-0.39, 0.29) is 12.0 Å². The highest BCUT2D eigenvalue weighted by atomic mass is 16.5. The van der Waals surface area contributed by atoms with Gasteiger partial charge in [-0.1, -0.05) is 0 Å². The van der Waals surface area contributed by atoms with Crippen molar-refractivity contribution in [1.29, 1.82) is 5.26 Å². The minimum Gasteiger partial charge on any atom is -0.493 e. The Morgan fingerprint density at radius 2 is 2.30 bits per heavy atom. The largest absolute Gasteiger partial charge is 0.493 e. The van der Waals surface area contributed by atoms with Gasteiger partial charge in [0.25, 0.3) is 0 Å². The highest BCUT2D eigenvalue weighted by Crippen LogP contribution is 2.28. The summed E-state index contributed by atoms with van der Waals surface area (Å²) >= 11 is 0. The van der Waals surface area contributed by atoms with Crippen molar-refractivity contribution >= 4 is 5.91 Å². The van der Waals surface area contributed by atoms with Crippen molar-refractivity contribution in [3.05, 3.63) is 23.8 Å². The van der Waals surface area contributed by atoms with Crippen LogP contribution in [0.3, 0.4) is 0 Å². The molecule has 6 nitrogen and oxygen atoms in total. The molecule has 1 saturated heterocycles. The van der Waals surface area contributed by atoms with Gasteiger partial charge in [0.1, 0.15) is 0 Å². The molecule has 124 valence electrons. The average Bonchev–Trinajstić information content (AvgIpc) is 2.58. The first-order chi connectivity index (χ1) is 11.1. The molecule has 0 aliphatic carbocycles. The second kappa shape index (κ2) is 8.39. The molecule has 0 spiro atoms. The molecule has 1 fully saturated rings. The second-order valence-corrected chi connectivity index (χ2v) is 5.45. The van der Waals surface area contributed by atoms with Crippen LogP contribution in [0.4, 0.5) is 0 Å². The summed E-state index contributed by atoms with van der Waals surface area (Å²) in [6, 6.07) is 7.08. The Labute approximate surface area is 136 Å². The highest BCUT2D eigenvalue weighted by Gasteiger charge is 2.20. The lowest BCUT2D eigenvalue weighted by Crippen LogP contribution is -2.44. The van der Waals surface area contributed by atoms with Crippen LogP contribution in [0.25, 0.3) is 0 Å². The van der Waals surface area contributed by atoms with Crippen LogP contribution in [0.15, 0.2) is 18.2 Å². The predicted molar refractivity (Wildman–Crippen MR) is 84.4 cm³/mol. The zero-order valence-corrected chi connectivity index (χ0v) is 13.6. The Bertz CT molecular complexity index is 582. The molecule has 1 atom stereocenters. The molecule has 1 unspecified atom stereocenters. The smallest absolute Gasteiger partial charge is 0.222 e. The van der Waals surface area contributed by atoms with Crippen LogP contribution in [0, 0.1) is 11.3 Å². The molecule has 1 heterocycles. The lowest BCUT2D eigenvalue weighted by molar-refractivity contribution is -0.138. The van der Waals surface area contributed by atoms with Gasteiger partial charge in [-0.2, -0.15) is 5.26 Å². The van der Waals surface area contributed by atoms with Crippen LogP contribution in [0.5, 0.6) is 11.5 Å². The molecular weight excluding hydrogens is 296 g/mol. The fourth-order valence-corrected chi connectivity index (χ4v) is 2.46. The minimum absolute atomic E-state index is 0.104. The second-order valence-electron chi connectivity index (χ2n) is 5.45. The topological polar surface area (TPSA) is 71.8 Å². The number of benzene rings is 1. The Hall–Kier alpha value is -2.26. The van der Waals surface area contributed by atoms with E-state index in [4.69, 9.17) is 19.5 Å². The Balaban J connectivity index is 1.77. The third-order valence-electron chi connectivity index (χ3n) is 3.68. The first kappa shape index (κ1) is 17.1. The van der Waals surface area contributed by atoms with Crippen molar-refractivity contribution in [3.63, 3.8) is 0 Å². The summed E-state index contributed by atoms with van der Waals surface area (Å²) < 4.78 is 16.3. The maximum atomic E-state index is 12.1. The lowest BCUT2D eigenvalue weighted by atomic mass is 10.2. The maximum absolute atomic E-state index is 12.1. The SMILES string of the molecule is COc1cc(C#N)ccc1OCCCC(=O)N1CCOC(C)C1. The number of amides is 1. The van der Waals surface area contributed by atoms with Gasteiger partial charge in [0.2, 0.25) is 5.91 Å². The predicted octanol–water partition coefficient (Wildman–Crippen LogP) is 1.97. The first-order valence-corrected chi connectivity index (χ1v) is 7.74. The Kier molecular flexibility index (Phi) is 6.24. The summed E-state index contributed by atoms with van der Waals surface area (Å²) in [4.78, 5) is 14.0. The van der Waals surface area contributed by atoms with E-state index in [0.717, 1.165) is 0 Å². The maximum Gasteiger partial charge on any atom is 0.222 e. The molecule has 1 aromatic rings. The zero-order chi connectivity index (χ0) is 16.7. The number of morpholine rings is 1. The number of ether oxygens (including phenoxy) is 3. The Morgan fingerprint density at radius 1 is 1.48 bits per heavy atom. The summed E-state index contributed by atoms with van der Waals surface area (Å²) in [6.07, 6.45) is 1.19. The van der Waals surface area contributed by atoms with E-state index in [1.54, 1.807) is 18.2 Å². The number of hydrogen-bond acceptors (Lipinski definition) is 5. The molecule has 1 amide bonds. The van der Waals surface area contributed by atoms with E-state index in [9.17, 15) is 4.79 Å². The zero-order valence-electron chi connectivity index (χ0n) is 13.6. The summed E-state index contributed by atoms with van der Waals surface area (Å²) in [5, 5.41) is 8.87. The standard InChI is InChI=1S/C17H22N2O4/c1-13-12-19(7-9-22-13)17(20)4-3-8-23-15-6-5-14(11-18)10-16(15)21-2/h5-6,10,13H,3-4,7-9,12H2,1-2H3. The van der Waals surface area contributed by atoms with Crippen LogP contribution in [-0.2, 0) is 9.53 Å². The summed E-state index contributed by atoms with van der Waals surface area (Å²) in [6.45, 7) is 4.32. The molecule has 0 saturated carbocycles. The molecular formula is C17H22N2O4. The molecule has 23 heavy (non-hydrogen) atoms. The van der Waals surface area contributed by atoms with E-state index < -0.39 is 0 Å². The number of methoxy groups -OCH3 is 1. The van der Waals surface area contributed by atoms with E-state index in [1.807, 2.05) is 11.8 Å². The minimum atomic E-state index is 0.104. The van der Waals surface area contributed by atoms with Crippen molar-refractivity contribution in [2.45, 2.75) is 25.9 Å². The Morgan fingerprint density at radius 3 is 3.00 bits per heavy atom. The van der Waals surface area contributed by atoms with Crippen molar-refractivity contribution < 1.29 is 19.0 Å². The fraction of sp³-hybridized carbons (Fsp3) is 0.529. The van der Waals surface area contributed by atoms with Gasteiger partial charge >= 0.3 is 0 Å². The number of carbonyl (C=O) groups is 1. The number of rotatable bonds is 6. The van der Waals surface area contributed by atoms with Crippen LogP contribution >= 0.6 is 0 Å². The monoisotopic (exact) mass is 318 g/mol. The van der Waals surface area contributed by atoms with Gasteiger partial charge in [0.15, 0.2) is 11.5 Å². The first-order valence-electron chi connectivity index (χ1n) is 7.74. The van der Waals surface area contributed by atoms with Gasteiger partial charge in [-0.25, -0.2) is 0 Å². The van der Waals surface area contributed by atoms with Gasteiger partial charge in [0, 0.05) is 25.6 Å². The molecule has 0 radical (unpaired) electrons. The third-order valence-corrected chi connectivity index (χ3v) is 3.68. The van der Waals surface area contributed by atoms with Crippen LogP contribution < -0.4 is 9.47 Å². The van der Waals surface area contributed by atoms with Gasteiger partial charge in [-0.15, -0.1) is 0 Å². The normalized spacial score (nSPS) is 17.4. The highest BCUT2D eigenvalue weighted by molar-refractivity contribution is 5.76. The average molecular weight is 318 g/mol. The van der Waals surface area contributed by atoms with E-state index in [1.165, 1.54) is 7.11 Å². The van der Waals surface area contributed by atoms with Crippen molar-refractivity contribution in [3.8, 4) is 17.6 Å². The quantitative estimate of drug-likeness (QED) is 0.750. The number of carbonyl (C=O) groups excluding carboxylic acids is 1. The van der Waals surface area contributed by atoms with Gasteiger partial charge in [-0.05, 0) is 25.5 Å². The third kappa shape index (κ3) is 4.86. The van der Waals surface area contributed by atoms with Crippen LogP contribution in [0.2, 0.25) is 0 Å². The number of nitrogens with zero attached hydrogens (tertiary/aromatic N) is 2. The molecule has 1 aromatic carbocycles. The fourth-order valence-electron chi connectivity index (χ4n) is 2.46. The van der Waals surface area contributed by atoms with E-state index in [0.29, 0.717) is 56.2 Å². The number of hydrogen-bond donors (Lipinski definition) is 0.